The van der Waals surface area contributed by atoms with Gasteiger partial charge in [-0.15, -0.1) is 0 Å². The second kappa shape index (κ2) is 16.6. The van der Waals surface area contributed by atoms with Crippen LogP contribution in [0.25, 0.3) is 6.08 Å². The van der Waals surface area contributed by atoms with Crippen molar-refractivity contribution in [2.24, 2.45) is 0 Å². The van der Waals surface area contributed by atoms with Crippen molar-refractivity contribution in [2.45, 2.75) is 58.0 Å². The van der Waals surface area contributed by atoms with Gasteiger partial charge in [-0.1, -0.05) is 79.7 Å². The molecule has 3 rings (SSSR count). The third-order valence-electron chi connectivity index (χ3n) is 6.94. The van der Waals surface area contributed by atoms with E-state index in [4.69, 9.17) is 0 Å². The van der Waals surface area contributed by atoms with Crippen LogP contribution in [0.4, 0.5) is 5.69 Å². The smallest absolute Gasteiger partial charge is 0.139 e. The first-order chi connectivity index (χ1) is 19.0. The van der Waals surface area contributed by atoms with E-state index in [-0.39, 0.29) is 12.4 Å². The van der Waals surface area contributed by atoms with Gasteiger partial charge in [0.2, 0.25) is 0 Å². The van der Waals surface area contributed by atoms with Gasteiger partial charge in [0.05, 0.1) is 11.8 Å². The average Bonchev–Trinajstić information content (AvgIpc) is 2.94. The Hall–Kier alpha value is -3.38. The molecule has 0 spiro atoms. The normalized spacial score (nSPS) is 12.1. The molecular formula is C34H44N2O3. The second-order valence-electron chi connectivity index (χ2n) is 9.96. The van der Waals surface area contributed by atoms with Gasteiger partial charge >= 0.3 is 0 Å². The maximum absolute atomic E-state index is 10.8. The summed E-state index contributed by atoms with van der Waals surface area (Å²) in [5.41, 5.74) is 7.36. The van der Waals surface area contributed by atoms with Gasteiger partial charge in [0.1, 0.15) is 5.75 Å². The Balaban J connectivity index is 1.38. The van der Waals surface area contributed by atoms with Gasteiger partial charge < -0.3 is 26.0 Å². The quantitative estimate of drug-likeness (QED) is 0.104. The van der Waals surface area contributed by atoms with Crippen molar-refractivity contribution in [3.05, 3.63) is 113 Å². The van der Waals surface area contributed by atoms with Crippen LogP contribution in [-0.4, -0.2) is 35.0 Å². The van der Waals surface area contributed by atoms with Gasteiger partial charge in [-0.25, -0.2) is 0 Å². The van der Waals surface area contributed by atoms with Crippen molar-refractivity contribution < 1.29 is 15.3 Å². The molecule has 0 saturated carbocycles. The number of aryl methyl sites for hydroxylation is 3. The number of hydrogen-bond donors (Lipinski definition) is 5. The molecule has 0 amide bonds. The number of hydrogen-bond acceptors (Lipinski definition) is 5. The van der Waals surface area contributed by atoms with Crippen molar-refractivity contribution in [3.8, 4) is 5.75 Å². The number of unbranched alkanes of at least 4 members (excludes halogenated alkanes) is 2. The minimum atomic E-state index is -0.679. The molecule has 0 radical (unpaired) electrons. The minimum absolute atomic E-state index is 0.126. The molecule has 0 bridgehead atoms. The Kier molecular flexibility index (Phi) is 12.8. The van der Waals surface area contributed by atoms with E-state index in [9.17, 15) is 15.3 Å². The number of aromatic hydroxyl groups is 1. The summed E-state index contributed by atoms with van der Waals surface area (Å²) in [4.78, 5) is 0. The van der Waals surface area contributed by atoms with Crippen LogP contribution in [0.15, 0.2) is 79.5 Å². The predicted molar refractivity (Wildman–Crippen MR) is 163 cm³/mol. The Bertz CT molecular complexity index is 1200. The summed E-state index contributed by atoms with van der Waals surface area (Å²) in [6, 6.07) is 20.8. The molecule has 0 saturated heterocycles. The number of rotatable bonds is 17. The minimum Gasteiger partial charge on any atom is -0.506 e. The molecule has 5 nitrogen and oxygen atoms in total. The number of aliphatic hydroxyl groups excluding tert-OH is 2. The highest BCUT2D eigenvalue weighted by atomic mass is 16.3. The fourth-order valence-electron chi connectivity index (χ4n) is 4.92. The zero-order valence-electron chi connectivity index (χ0n) is 23.2. The first-order valence-electron chi connectivity index (χ1n) is 14.1. The summed E-state index contributed by atoms with van der Waals surface area (Å²) in [6.07, 6.45) is 11.7. The van der Waals surface area contributed by atoms with Crippen LogP contribution in [0.3, 0.4) is 0 Å². The molecule has 0 aliphatic carbocycles. The Morgan fingerprint density at radius 2 is 1.49 bits per heavy atom. The summed E-state index contributed by atoms with van der Waals surface area (Å²) in [5, 5.41) is 36.5. The number of phenolic OH excluding ortho intramolecular Hbond substituents is 1. The maximum atomic E-state index is 10.8. The Morgan fingerprint density at radius 1 is 0.846 bits per heavy atom. The van der Waals surface area contributed by atoms with E-state index < -0.39 is 6.10 Å². The molecule has 1 unspecified atom stereocenters. The van der Waals surface area contributed by atoms with E-state index in [1.165, 1.54) is 28.5 Å². The molecule has 0 aliphatic rings. The fourth-order valence-corrected chi connectivity index (χ4v) is 4.92. The van der Waals surface area contributed by atoms with Crippen LogP contribution in [-0.2, 0) is 25.7 Å². The van der Waals surface area contributed by atoms with Gasteiger partial charge in [0, 0.05) is 18.7 Å². The van der Waals surface area contributed by atoms with Crippen molar-refractivity contribution >= 4 is 11.8 Å². The van der Waals surface area contributed by atoms with E-state index in [1.807, 2.05) is 19.1 Å². The number of benzene rings is 3. The van der Waals surface area contributed by atoms with Gasteiger partial charge in [-0.05, 0) is 92.1 Å². The van der Waals surface area contributed by atoms with Gasteiger partial charge in [-0.3, -0.25) is 0 Å². The van der Waals surface area contributed by atoms with Crippen molar-refractivity contribution in [2.75, 3.05) is 25.0 Å². The maximum Gasteiger partial charge on any atom is 0.139 e. The largest absolute Gasteiger partial charge is 0.506 e. The molecule has 5 heteroatoms. The zero-order valence-corrected chi connectivity index (χ0v) is 23.2. The van der Waals surface area contributed by atoms with Crippen LogP contribution in [0.2, 0.25) is 0 Å². The van der Waals surface area contributed by atoms with Crippen molar-refractivity contribution in [3.63, 3.8) is 0 Å². The van der Waals surface area contributed by atoms with Crippen molar-refractivity contribution in [1.82, 2.24) is 5.32 Å². The first-order valence-corrected chi connectivity index (χ1v) is 14.1. The van der Waals surface area contributed by atoms with Crippen LogP contribution in [0.1, 0.15) is 65.7 Å². The number of phenols is 1. The lowest BCUT2D eigenvalue weighted by atomic mass is 9.98. The predicted octanol–water partition coefficient (Wildman–Crippen LogP) is 6.34. The molecule has 0 heterocycles. The lowest BCUT2D eigenvalue weighted by molar-refractivity contribution is 0.174. The molecule has 208 valence electrons. The Morgan fingerprint density at radius 3 is 2.10 bits per heavy atom. The molecule has 0 aliphatic heterocycles. The fraction of sp³-hybridized carbons (Fsp3) is 0.353. The van der Waals surface area contributed by atoms with Gasteiger partial charge in [0.25, 0.3) is 0 Å². The molecule has 1 atom stereocenters. The van der Waals surface area contributed by atoms with Crippen molar-refractivity contribution in [1.29, 1.82) is 0 Å². The van der Waals surface area contributed by atoms with Gasteiger partial charge in [-0.2, -0.15) is 0 Å². The molecular weight excluding hydrogens is 484 g/mol. The molecule has 39 heavy (non-hydrogen) atoms. The summed E-state index contributed by atoms with van der Waals surface area (Å²) >= 11 is 0. The molecule has 5 N–H and O–H groups in total. The average molecular weight is 529 g/mol. The third-order valence-corrected chi connectivity index (χ3v) is 6.94. The summed E-state index contributed by atoms with van der Waals surface area (Å²) in [6.45, 7) is 7.08. The number of aliphatic hydroxyl groups is 2. The summed E-state index contributed by atoms with van der Waals surface area (Å²) in [5.74, 6) is 0.126. The SMILES string of the molecule is C=CNc1c(O)ccc(C(O)CNCCCCCc2cccc(CCc3cccc(CCO)c3)c2)c1/C=C\C. The zero-order chi connectivity index (χ0) is 27.9. The lowest BCUT2D eigenvalue weighted by Gasteiger charge is -2.18. The van der Waals surface area contributed by atoms with Crippen LogP contribution in [0.5, 0.6) is 5.75 Å². The first kappa shape index (κ1) is 30.2. The monoisotopic (exact) mass is 528 g/mol. The molecule has 0 fully saturated rings. The Labute approximate surface area is 233 Å². The number of allylic oxidation sites excluding steroid dienone is 1. The highest BCUT2D eigenvalue weighted by Gasteiger charge is 2.16. The van der Waals surface area contributed by atoms with E-state index in [1.54, 1.807) is 12.1 Å². The highest BCUT2D eigenvalue weighted by Crippen LogP contribution is 2.34. The third kappa shape index (κ3) is 9.70. The van der Waals surface area contributed by atoms with Gasteiger partial charge in [0.15, 0.2) is 0 Å². The van der Waals surface area contributed by atoms with Crippen LogP contribution >= 0.6 is 0 Å². The molecule has 3 aromatic carbocycles. The van der Waals surface area contributed by atoms with E-state index in [0.717, 1.165) is 56.2 Å². The summed E-state index contributed by atoms with van der Waals surface area (Å²) < 4.78 is 0. The van der Waals surface area contributed by atoms with Crippen LogP contribution < -0.4 is 10.6 Å². The highest BCUT2D eigenvalue weighted by molar-refractivity contribution is 5.76. The standard InChI is InChI=1S/C34H44N2O3/c1-3-10-31-30(18-19-32(38)34(31)36-4-2)33(39)25-35-21-7-5-6-11-26-12-8-13-27(23-26)16-17-28-14-9-15-29(24-28)20-22-37/h3-4,8-10,12-15,18-19,23-24,33,35-39H,2,5-7,11,16-17,20-22,25H2,1H3/b10-3-. The number of nitrogens with one attached hydrogen (secondary N) is 2. The van der Waals surface area contributed by atoms with Crippen LogP contribution in [0, 0.1) is 0 Å². The van der Waals surface area contributed by atoms with E-state index in [0.29, 0.717) is 18.7 Å². The summed E-state index contributed by atoms with van der Waals surface area (Å²) in [7, 11) is 0. The second-order valence-corrected chi connectivity index (χ2v) is 9.96. The molecule has 3 aromatic rings. The topological polar surface area (TPSA) is 84.8 Å². The number of anilines is 1. The lowest BCUT2D eigenvalue weighted by Crippen LogP contribution is -2.23. The molecule has 0 aromatic heterocycles. The van der Waals surface area contributed by atoms with E-state index in [2.05, 4.69) is 65.7 Å². The van der Waals surface area contributed by atoms with E-state index >= 15 is 0 Å².